The van der Waals surface area contributed by atoms with Crippen molar-refractivity contribution in [2.24, 2.45) is 0 Å². The third kappa shape index (κ3) is 1.96. The van der Waals surface area contributed by atoms with Gasteiger partial charge in [0.25, 0.3) is 0 Å². The summed E-state index contributed by atoms with van der Waals surface area (Å²) in [6.07, 6.45) is 6.15. The van der Waals surface area contributed by atoms with Gasteiger partial charge in [-0.1, -0.05) is 6.42 Å². The van der Waals surface area contributed by atoms with Crippen LogP contribution in [0.2, 0.25) is 0 Å². The third-order valence-electron chi connectivity index (χ3n) is 4.28. The lowest BCUT2D eigenvalue weighted by molar-refractivity contribution is 0.322. The zero-order valence-corrected chi connectivity index (χ0v) is 13.3. The maximum atomic E-state index is 5.52. The van der Waals surface area contributed by atoms with Gasteiger partial charge in [-0.15, -0.1) is 0 Å². The van der Waals surface area contributed by atoms with Crippen molar-refractivity contribution in [3.63, 3.8) is 0 Å². The van der Waals surface area contributed by atoms with Crippen LogP contribution < -0.4 is 0 Å². The molecule has 0 aliphatic heterocycles. The van der Waals surface area contributed by atoms with E-state index in [1.54, 1.807) is 0 Å². The summed E-state index contributed by atoms with van der Waals surface area (Å²) in [7, 11) is 0. The zero-order chi connectivity index (χ0) is 13.6. The minimum Gasteiger partial charge on any atom is -0.328 e. The van der Waals surface area contributed by atoms with E-state index < -0.39 is 0 Å². The first-order valence-electron chi connectivity index (χ1n) is 6.81. The van der Waals surface area contributed by atoms with E-state index in [-0.39, 0.29) is 0 Å². The Morgan fingerprint density at radius 2 is 2.21 bits per heavy atom. The van der Waals surface area contributed by atoms with Crippen LogP contribution in [-0.2, 0) is 13.1 Å². The molecular weight excluding hydrogens is 276 g/mol. The average molecular weight is 296 g/mol. The lowest BCUT2D eigenvalue weighted by Crippen LogP contribution is -2.38. The number of hydrogen-bond acceptors (Lipinski definition) is 3. The number of nitrogens with zero attached hydrogens (tertiary/aromatic N) is 3. The van der Waals surface area contributed by atoms with Crippen molar-refractivity contribution >= 4 is 35.1 Å². The molecule has 6 heteroatoms. The summed E-state index contributed by atoms with van der Waals surface area (Å²) in [5.41, 5.74) is 3.29. The molecule has 1 N–H and O–H groups in total. The second-order valence-corrected chi connectivity index (χ2v) is 7.02. The molecule has 3 rings (SSSR count). The molecule has 1 fully saturated rings. The number of aryl methyl sites for hydroxylation is 2. The molecule has 0 spiro atoms. The number of hydrogen-bond donors (Lipinski definition) is 1. The summed E-state index contributed by atoms with van der Waals surface area (Å²) in [5.74, 6) is 0. The van der Waals surface area contributed by atoms with E-state index in [4.69, 9.17) is 12.2 Å². The SMILES string of the molecule is CCn1nc(C)c2[nH]c(=S)n(CC3(SC)CCC3)c21. The topological polar surface area (TPSA) is 38.5 Å². The first-order valence-corrected chi connectivity index (χ1v) is 8.44. The Balaban J connectivity index is 2.12. The Labute approximate surface area is 122 Å². The van der Waals surface area contributed by atoms with Crippen molar-refractivity contribution in [1.29, 1.82) is 0 Å². The predicted octanol–water partition coefficient (Wildman–Crippen LogP) is 3.51. The Kier molecular flexibility index (Phi) is 3.25. The second kappa shape index (κ2) is 4.66. The van der Waals surface area contributed by atoms with Gasteiger partial charge in [-0.2, -0.15) is 16.9 Å². The van der Waals surface area contributed by atoms with Gasteiger partial charge in [-0.3, -0.25) is 0 Å². The molecule has 4 nitrogen and oxygen atoms in total. The van der Waals surface area contributed by atoms with Crippen molar-refractivity contribution in [1.82, 2.24) is 19.3 Å². The summed E-state index contributed by atoms with van der Waals surface area (Å²) >= 11 is 7.50. The quantitative estimate of drug-likeness (QED) is 0.878. The van der Waals surface area contributed by atoms with Crippen LogP contribution >= 0.6 is 24.0 Å². The molecule has 1 aliphatic rings. The molecular formula is C13H20N4S2. The van der Waals surface area contributed by atoms with Gasteiger partial charge in [0.1, 0.15) is 5.52 Å². The smallest absolute Gasteiger partial charge is 0.179 e. The van der Waals surface area contributed by atoms with Crippen LogP contribution in [0.5, 0.6) is 0 Å². The molecule has 1 saturated carbocycles. The molecule has 19 heavy (non-hydrogen) atoms. The Morgan fingerprint density at radius 1 is 1.47 bits per heavy atom. The minimum atomic E-state index is 0.379. The first kappa shape index (κ1) is 13.2. The van der Waals surface area contributed by atoms with E-state index in [0.717, 1.165) is 34.7 Å². The van der Waals surface area contributed by atoms with Crippen molar-refractivity contribution in [2.75, 3.05) is 6.26 Å². The highest BCUT2D eigenvalue weighted by atomic mass is 32.2. The molecule has 104 valence electrons. The van der Waals surface area contributed by atoms with Gasteiger partial charge in [0.2, 0.25) is 0 Å². The van der Waals surface area contributed by atoms with Gasteiger partial charge in [0.15, 0.2) is 10.4 Å². The summed E-state index contributed by atoms with van der Waals surface area (Å²) in [6, 6.07) is 0. The van der Waals surface area contributed by atoms with Crippen molar-refractivity contribution in [3.05, 3.63) is 10.5 Å². The molecule has 0 radical (unpaired) electrons. The van der Waals surface area contributed by atoms with E-state index in [1.807, 2.05) is 18.7 Å². The molecule has 1 aliphatic carbocycles. The standard InChI is InChI=1S/C13H20N4S2/c1-4-17-11-10(9(2)15-17)14-12(18)16(11)8-13(19-3)6-5-7-13/h4-8H2,1-3H3,(H,14,18). The van der Waals surface area contributed by atoms with Crippen LogP contribution in [0.15, 0.2) is 0 Å². The maximum absolute atomic E-state index is 5.52. The maximum Gasteiger partial charge on any atom is 0.179 e. The third-order valence-corrected chi connectivity index (χ3v) is 6.00. The molecule has 2 aromatic heterocycles. The number of H-pyrrole nitrogens is 1. The summed E-state index contributed by atoms with van der Waals surface area (Å²) in [5, 5.41) is 4.58. The van der Waals surface area contributed by atoms with E-state index in [1.165, 1.54) is 19.3 Å². The Bertz CT molecular complexity index is 655. The van der Waals surface area contributed by atoms with Gasteiger partial charge in [0, 0.05) is 17.8 Å². The van der Waals surface area contributed by atoms with Crippen molar-refractivity contribution < 1.29 is 0 Å². The van der Waals surface area contributed by atoms with Crippen LogP contribution in [0.3, 0.4) is 0 Å². The number of aromatic nitrogens is 4. The molecule has 0 saturated heterocycles. The molecule has 2 aromatic rings. The normalized spacial score (nSPS) is 17.8. The number of rotatable bonds is 4. The fourth-order valence-corrected chi connectivity index (χ4v) is 4.12. The number of imidazole rings is 1. The van der Waals surface area contributed by atoms with Gasteiger partial charge < -0.3 is 9.55 Å². The number of thioether (sulfide) groups is 1. The summed E-state index contributed by atoms with van der Waals surface area (Å²) in [6.45, 7) is 6.04. The minimum absolute atomic E-state index is 0.379. The molecule has 0 unspecified atom stereocenters. The van der Waals surface area contributed by atoms with Gasteiger partial charge in [0.05, 0.1) is 5.69 Å². The monoisotopic (exact) mass is 296 g/mol. The molecule has 0 atom stereocenters. The van der Waals surface area contributed by atoms with Crippen molar-refractivity contribution in [3.8, 4) is 0 Å². The van der Waals surface area contributed by atoms with Crippen LogP contribution in [0, 0.1) is 11.7 Å². The highest BCUT2D eigenvalue weighted by Gasteiger charge is 2.37. The highest BCUT2D eigenvalue weighted by molar-refractivity contribution is 8.00. The molecule has 0 aromatic carbocycles. The summed E-state index contributed by atoms with van der Waals surface area (Å²) < 4.78 is 5.52. The molecule has 2 heterocycles. The van der Waals surface area contributed by atoms with E-state index >= 15 is 0 Å². The largest absolute Gasteiger partial charge is 0.328 e. The fourth-order valence-electron chi connectivity index (χ4n) is 2.91. The fraction of sp³-hybridized carbons (Fsp3) is 0.692. The number of nitrogens with one attached hydrogen (secondary N) is 1. The van der Waals surface area contributed by atoms with Crippen LogP contribution in [0.4, 0.5) is 0 Å². The van der Waals surface area contributed by atoms with E-state index in [2.05, 4.69) is 32.5 Å². The van der Waals surface area contributed by atoms with Gasteiger partial charge >= 0.3 is 0 Å². The van der Waals surface area contributed by atoms with Gasteiger partial charge in [-0.05, 0) is 45.2 Å². The number of fused-ring (bicyclic) bond motifs is 1. The summed E-state index contributed by atoms with van der Waals surface area (Å²) in [4.78, 5) is 3.33. The van der Waals surface area contributed by atoms with E-state index in [0.29, 0.717) is 4.75 Å². The van der Waals surface area contributed by atoms with E-state index in [9.17, 15) is 0 Å². The lowest BCUT2D eigenvalue weighted by atomic mass is 9.84. The first-order chi connectivity index (χ1) is 9.10. The molecule has 0 amide bonds. The number of aromatic amines is 1. The lowest BCUT2D eigenvalue weighted by Gasteiger charge is -2.40. The Morgan fingerprint density at radius 3 is 2.74 bits per heavy atom. The zero-order valence-electron chi connectivity index (χ0n) is 11.7. The Hall–Kier alpha value is -0.750. The predicted molar refractivity (Wildman–Crippen MR) is 83.4 cm³/mol. The van der Waals surface area contributed by atoms with Crippen molar-refractivity contribution in [2.45, 2.75) is 50.9 Å². The average Bonchev–Trinajstić information content (AvgIpc) is 2.83. The highest BCUT2D eigenvalue weighted by Crippen LogP contribution is 2.44. The van der Waals surface area contributed by atoms with Gasteiger partial charge in [-0.25, -0.2) is 4.68 Å². The molecule has 0 bridgehead atoms. The van der Waals surface area contributed by atoms with Crippen LogP contribution in [0.25, 0.3) is 11.2 Å². The second-order valence-electron chi connectivity index (χ2n) is 5.36. The van der Waals surface area contributed by atoms with Crippen LogP contribution in [0.1, 0.15) is 31.9 Å². The van der Waals surface area contributed by atoms with Crippen LogP contribution in [-0.4, -0.2) is 30.3 Å².